The highest BCUT2D eigenvalue weighted by Gasteiger charge is 2.18. The van der Waals surface area contributed by atoms with Gasteiger partial charge in [-0.3, -0.25) is 0 Å². The van der Waals surface area contributed by atoms with Gasteiger partial charge in [0, 0.05) is 25.2 Å². The standard InChI is InChI=1S/C13H22N4O/c1-10-4-3-5-17(7-10)13-6-12(14-9-15-13)16-11(2)8-18/h6,9-11,18H,3-5,7-8H2,1-2H3,(H,14,15,16)/t10-,11-/m1/s1. The van der Waals surface area contributed by atoms with Crippen LogP contribution < -0.4 is 10.2 Å². The van der Waals surface area contributed by atoms with Crippen molar-refractivity contribution in [2.75, 3.05) is 29.9 Å². The maximum atomic E-state index is 9.03. The second kappa shape index (κ2) is 6.00. The molecule has 0 saturated carbocycles. The third-order valence-corrected chi connectivity index (χ3v) is 3.30. The van der Waals surface area contributed by atoms with E-state index < -0.39 is 0 Å². The lowest BCUT2D eigenvalue weighted by Crippen LogP contribution is -2.35. The van der Waals surface area contributed by atoms with Gasteiger partial charge in [0.1, 0.15) is 18.0 Å². The number of anilines is 2. The number of aromatic nitrogens is 2. The van der Waals surface area contributed by atoms with Crippen LogP contribution in [0.2, 0.25) is 0 Å². The largest absolute Gasteiger partial charge is 0.394 e. The first-order valence-corrected chi connectivity index (χ1v) is 6.63. The van der Waals surface area contributed by atoms with Crippen molar-refractivity contribution in [2.45, 2.75) is 32.7 Å². The summed E-state index contributed by atoms with van der Waals surface area (Å²) in [6.07, 6.45) is 4.11. The zero-order chi connectivity index (χ0) is 13.0. The third kappa shape index (κ3) is 3.32. The van der Waals surface area contributed by atoms with Crippen LogP contribution in [0.1, 0.15) is 26.7 Å². The zero-order valence-electron chi connectivity index (χ0n) is 11.1. The third-order valence-electron chi connectivity index (χ3n) is 3.30. The van der Waals surface area contributed by atoms with Crippen molar-refractivity contribution in [3.05, 3.63) is 12.4 Å². The lowest BCUT2D eigenvalue weighted by Gasteiger charge is -2.31. The van der Waals surface area contributed by atoms with Gasteiger partial charge in [-0.15, -0.1) is 0 Å². The quantitative estimate of drug-likeness (QED) is 0.848. The van der Waals surface area contributed by atoms with Gasteiger partial charge < -0.3 is 15.3 Å². The van der Waals surface area contributed by atoms with E-state index in [2.05, 4.69) is 27.1 Å². The van der Waals surface area contributed by atoms with Gasteiger partial charge in [0.05, 0.1) is 6.61 Å². The van der Waals surface area contributed by atoms with E-state index in [-0.39, 0.29) is 12.6 Å². The molecule has 2 heterocycles. The molecule has 18 heavy (non-hydrogen) atoms. The smallest absolute Gasteiger partial charge is 0.134 e. The number of nitrogens with zero attached hydrogens (tertiary/aromatic N) is 3. The molecule has 1 aromatic heterocycles. The highest BCUT2D eigenvalue weighted by atomic mass is 16.3. The molecule has 0 unspecified atom stereocenters. The molecule has 0 spiro atoms. The van der Waals surface area contributed by atoms with E-state index in [9.17, 15) is 0 Å². The van der Waals surface area contributed by atoms with E-state index >= 15 is 0 Å². The van der Waals surface area contributed by atoms with Crippen molar-refractivity contribution in [1.29, 1.82) is 0 Å². The highest BCUT2D eigenvalue weighted by molar-refractivity contribution is 5.49. The lowest BCUT2D eigenvalue weighted by molar-refractivity contribution is 0.281. The molecule has 100 valence electrons. The van der Waals surface area contributed by atoms with Crippen LogP contribution >= 0.6 is 0 Å². The van der Waals surface area contributed by atoms with E-state index in [1.807, 2.05) is 13.0 Å². The summed E-state index contributed by atoms with van der Waals surface area (Å²) in [5, 5.41) is 12.2. The van der Waals surface area contributed by atoms with Crippen molar-refractivity contribution in [3.63, 3.8) is 0 Å². The summed E-state index contributed by atoms with van der Waals surface area (Å²) in [5.74, 6) is 2.48. The Morgan fingerprint density at radius 3 is 3.11 bits per heavy atom. The van der Waals surface area contributed by atoms with Crippen LogP contribution in [0, 0.1) is 5.92 Å². The van der Waals surface area contributed by atoms with Crippen LogP contribution in [-0.2, 0) is 0 Å². The van der Waals surface area contributed by atoms with Crippen LogP contribution in [0.4, 0.5) is 11.6 Å². The SMILES string of the molecule is C[C@@H]1CCCN(c2cc(N[C@H](C)CO)ncn2)C1. The van der Waals surface area contributed by atoms with Crippen molar-refractivity contribution in [1.82, 2.24) is 9.97 Å². The van der Waals surface area contributed by atoms with Gasteiger partial charge in [-0.2, -0.15) is 0 Å². The summed E-state index contributed by atoms with van der Waals surface area (Å²) < 4.78 is 0. The van der Waals surface area contributed by atoms with Crippen LogP contribution in [0.15, 0.2) is 12.4 Å². The van der Waals surface area contributed by atoms with Crippen molar-refractivity contribution >= 4 is 11.6 Å². The average Bonchev–Trinajstić information content (AvgIpc) is 2.39. The molecule has 1 saturated heterocycles. The molecule has 2 atom stereocenters. The average molecular weight is 250 g/mol. The number of rotatable bonds is 4. The van der Waals surface area contributed by atoms with Crippen molar-refractivity contribution < 1.29 is 5.11 Å². The number of hydrogen-bond acceptors (Lipinski definition) is 5. The number of piperidine rings is 1. The molecule has 1 fully saturated rings. The Balaban J connectivity index is 2.06. The second-order valence-corrected chi connectivity index (χ2v) is 5.18. The van der Waals surface area contributed by atoms with Crippen LogP contribution in [0.25, 0.3) is 0 Å². The van der Waals surface area contributed by atoms with E-state index in [4.69, 9.17) is 5.11 Å². The van der Waals surface area contributed by atoms with Gasteiger partial charge in [-0.25, -0.2) is 9.97 Å². The van der Waals surface area contributed by atoms with Crippen LogP contribution in [0.3, 0.4) is 0 Å². The number of hydrogen-bond donors (Lipinski definition) is 2. The normalized spacial score (nSPS) is 21.7. The van der Waals surface area contributed by atoms with Crippen molar-refractivity contribution in [3.8, 4) is 0 Å². The Kier molecular flexibility index (Phi) is 4.36. The van der Waals surface area contributed by atoms with E-state index in [0.717, 1.165) is 30.6 Å². The summed E-state index contributed by atoms with van der Waals surface area (Å²) in [6, 6.07) is 1.97. The minimum Gasteiger partial charge on any atom is -0.394 e. The molecule has 0 aromatic carbocycles. The maximum absolute atomic E-state index is 9.03. The maximum Gasteiger partial charge on any atom is 0.134 e. The summed E-state index contributed by atoms with van der Waals surface area (Å²) in [6.45, 7) is 6.42. The van der Waals surface area contributed by atoms with E-state index in [1.54, 1.807) is 6.33 Å². The second-order valence-electron chi connectivity index (χ2n) is 5.18. The predicted octanol–water partition coefficient (Wildman–Crippen LogP) is 1.51. The van der Waals surface area contributed by atoms with Crippen LogP contribution in [-0.4, -0.2) is 40.8 Å². The molecule has 1 aliphatic rings. The summed E-state index contributed by atoms with van der Waals surface area (Å²) >= 11 is 0. The molecular weight excluding hydrogens is 228 g/mol. The van der Waals surface area contributed by atoms with Gasteiger partial charge in [-0.1, -0.05) is 6.92 Å². The van der Waals surface area contributed by atoms with Gasteiger partial charge in [0.25, 0.3) is 0 Å². The molecule has 5 nitrogen and oxygen atoms in total. The molecule has 2 rings (SSSR count). The van der Waals surface area contributed by atoms with Gasteiger partial charge in [0.2, 0.25) is 0 Å². The molecule has 2 N–H and O–H groups in total. The predicted molar refractivity (Wildman–Crippen MR) is 72.8 cm³/mol. The van der Waals surface area contributed by atoms with Crippen LogP contribution in [0.5, 0.6) is 0 Å². The molecule has 0 bridgehead atoms. The number of aliphatic hydroxyl groups is 1. The topological polar surface area (TPSA) is 61.3 Å². The minimum absolute atomic E-state index is 0.00743. The Hall–Kier alpha value is -1.36. The highest BCUT2D eigenvalue weighted by Crippen LogP contribution is 2.22. The Labute approximate surface area is 108 Å². The molecule has 0 amide bonds. The fourth-order valence-corrected chi connectivity index (χ4v) is 2.29. The van der Waals surface area contributed by atoms with Gasteiger partial charge in [0.15, 0.2) is 0 Å². The number of nitrogens with one attached hydrogen (secondary N) is 1. The molecule has 5 heteroatoms. The number of aliphatic hydroxyl groups excluding tert-OH is 1. The first-order valence-electron chi connectivity index (χ1n) is 6.63. The zero-order valence-corrected chi connectivity index (χ0v) is 11.1. The Morgan fingerprint density at radius 1 is 1.56 bits per heavy atom. The van der Waals surface area contributed by atoms with Gasteiger partial charge >= 0.3 is 0 Å². The van der Waals surface area contributed by atoms with E-state index in [1.165, 1.54) is 12.8 Å². The first-order chi connectivity index (χ1) is 8.69. The fourth-order valence-electron chi connectivity index (χ4n) is 2.29. The summed E-state index contributed by atoms with van der Waals surface area (Å²) in [5.41, 5.74) is 0. The van der Waals surface area contributed by atoms with E-state index in [0.29, 0.717) is 0 Å². The molecule has 0 radical (unpaired) electrons. The molecular formula is C13H22N4O. The Bertz CT molecular complexity index is 385. The lowest BCUT2D eigenvalue weighted by atomic mass is 10.0. The molecule has 1 aliphatic heterocycles. The summed E-state index contributed by atoms with van der Waals surface area (Å²) in [4.78, 5) is 10.8. The van der Waals surface area contributed by atoms with Crippen molar-refractivity contribution in [2.24, 2.45) is 5.92 Å². The fraction of sp³-hybridized carbons (Fsp3) is 0.692. The Morgan fingerprint density at radius 2 is 2.39 bits per heavy atom. The summed E-state index contributed by atoms with van der Waals surface area (Å²) in [7, 11) is 0. The first kappa shape index (κ1) is 13.1. The minimum atomic E-state index is 0.00743. The molecule has 0 aliphatic carbocycles. The van der Waals surface area contributed by atoms with Gasteiger partial charge in [-0.05, 0) is 25.7 Å². The molecule has 1 aromatic rings. The monoisotopic (exact) mass is 250 g/mol.